The molecule has 112 valence electrons. The summed E-state index contributed by atoms with van der Waals surface area (Å²) in [5.41, 5.74) is 0.0954. The van der Waals surface area contributed by atoms with Crippen molar-refractivity contribution in [3.05, 3.63) is 34.7 Å². The second-order valence-electron chi connectivity index (χ2n) is 6.01. The Morgan fingerprint density at radius 1 is 1.35 bits per heavy atom. The molecule has 0 atom stereocenters. The number of nitrogens with zero attached hydrogens (tertiary/aromatic N) is 2. The molecule has 2 heterocycles. The van der Waals surface area contributed by atoms with E-state index >= 15 is 0 Å². The van der Waals surface area contributed by atoms with Gasteiger partial charge in [0.2, 0.25) is 0 Å². The molecule has 0 amide bonds. The molecule has 1 saturated heterocycles. The molecule has 4 heteroatoms. The molecule has 2 rings (SSSR count). The largest absolute Gasteiger partial charge is 0.317 e. The van der Waals surface area contributed by atoms with Crippen molar-refractivity contribution in [2.45, 2.75) is 39.3 Å². The summed E-state index contributed by atoms with van der Waals surface area (Å²) in [7, 11) is 0. The molecule has 1 aromatic heterocycles. The zero-order valence-corrected chi connectivity index (χ0v) is 12.7. The van der Waals surface area contributed by atoms with E-state index in [0.717, 1.165) is 38.6 Å². The van der Waals surface area contributed by atoms with Crippen LogP contribution in [0.4, 0.5) is 0 Å². The molecular formula is C16H27N3O. The number of aromatic nitrogens is 1. The van der Waals surface area contributed by atoms with Gasteiger partial charge in [0.1, 0.15) is 0 Å². The third-order valence-electron chi connectivity index (χ3n) is 4.21. The molecule has 1 aromatic rings. The van der Waals surface area contributed by atoms with Crippen LogP contribution < -0.4 is 10.9 Å². The minimum absolute atomic E-state index is 0.0954. The van der Waals surface area contributed by atoms with Crippen LogP contribution >= 0.6 is 0 Å². The number of hydrogen-bond donors (Lipinski definition) is 1. The first kappa shape index (κ1) is 15.3. The van der Waals surface area contributed by atoms with Crippen LogP contribution in [0.3, 0.4) is 0 Å². The van der Waals surface area contributed by atoms with Crippen molar-refractivity contribution in [2.24, 2.45) is 5.92 Å². The molecule has 1 aliphatic rings. The number of nitrogens with one attached hydrogen (secondary N) is 1. The number of pyridine rings is 1. The molecule has 4 nitrogen and oxygen atoms in total. The Morgan fingerprint density at radius 3 is 2.75 bits per heavy atom. The predicted octanol–water partition coefficient (Wildman–Crippen LogP) is 1.56. The van der Waals surface area contributed by atoms with Crippen molar-refractivity contribution in [3.63, 3.8) is 0 Å². The third-order valence-corrected chi connectivity index (χ3v) is 4.21. The highest BCUT2D eigenvalue weighted by Gasteiger charge is 2.18. The van der Waals surface area contributed by atoms with E-state index in [4.69, 9.17) is 0 Å². The Morgan fingerprint density at radius 2 is 2.10 bits per heavy atom. The fourth-order valence-electron chi connectivity index (χ4n) is 2.84. The molecule has 0 bridgehead atoms. The number of piperidine rings is 1. The van der Waals surface area contributed by atoms with Gasteiger partial charge in [-0.2, -0.15) is 0 Å². The fourth-order valence-corrected chi connectivity index (χ4v) is 2.84. The zero-order valence-electron chi connectivity index (χ0n) is 12.7. The monoisotopic (exact) mass is 277 g/mol. The summed E-state index contributed by atoms with van der Waals surface area (Å²) in [4.78, 5) is 14.2. The van der Waals surface area contributed by atoms with Crippen LogP contribution in [-0.4, -0.2) is 41.7 Å². The van der Waals surface area contributed by atoms with E-state index in [1.807, 2.05) is 12.3 Å². The van der Waals surface area contributed by atoms with Crippen LogP contribution in [0.15, 0.2) is 29.2 Å². The summed E-state index contributed by atoms with van der Waals surface area (Å²) in [6.45, 7) is 9.67. The second kappa shape index (κ2) is 7.60. The molecule has 1 N–H and O–H groups in total. The van der Waals surface area contributed by atoms with Gasteiger partial charge >= 0.3 is 0 Å². The number of rotatable bonds is 6. The van der Waals surface area contributed by atoms with Crippen LogP contribution in [0, 0.1) is 5.92 Å². The summed E-state index contributed by atoms with van der Waals surface area (Å²) in [6.07, 6.45) is 4.42. The summed E-state index contributed by atoms with van der Waals surface area (Å²) >= 11 is 0. The summed E-state index contributed by atoms with van der Waals surface area (Å²) in [5.74, 6) is 0.797. The molecule has 20 heavy (non-hydrogen) atoms. The van der Waals surface area contributed by atoms with Gasteiger partial charge in [-0.1, -0.05) is 6.07 Å². The SMILES string of the molecule is CC(C)N(CCn1ccccc1=O)CC1CCNCC1. The fraction of sp³-hybridized carbons (Fsp3) is 0.688. The van der Waals surface area contributed by atoms with Gasteiger partial charge in [0.15, 0.2) is 0 Å². The highest BCUT2D eigenvalue weighted by atomic mass is 16.1. The van der Waals surface area contributed by atoms with Crippen LogP contribution in [0.25, 0.3) is 0 Å². The van der Waals surface area contributed by atoms with Crippen LogP contribution in [-0.2, 0) is 6.54 Å². The van der Waals surface area contributed by atoms with Crippen LogP contribution in [0.5, 0.6) is 0 Å². The Balaban J connectivity index is 1.89. The lowest BCUT2D eigenvalue weighted by atomic mass is 9.97. The first-order valence-corrected chi connectivity index (χ1v) is 7.77. The Hall–Kier alpha value is -1.13. The second-order valence-corrected chi connectivity index (χ2v) is 6.01. The molecular weight excluding hydrogens is 250 g/mol. The molecule has 1 aliphatic heterocycles. The first-order chi connectivity index (χ1) is 9.66. The van der Waals surface area contributed by atoms with Gasteiger partial charge in [0.25, 0.3) is 5.56 Å². The van der Waals surface area contributed by atoms with Gasteiger partial charge in [0, 0.05) is 37.9 Å². The maximum absolute atomic E-state index is 11.7. The minimum atomic E-state index is 0.0954. The van der Waals surface area contributed by atoms with Crippen molar-refractivity contribution in [1.29, 1.82) is 0 Å². The molecule has 0 unspecified atom stereocenters. The lowest BCUT2D eigenvalue weighted by Crippen LogP contribution is -2.41. The van der Waals surface area contributed by atoms with Gasteiger partial charge in [0.05, 0.1) is 0 Å². The maximum Gasteiger partial charge on any atom is 0.250 e. The van der Waals surface area contributed by atoms with E-state index in [1.165, 1.54) is 12.8 Å². The van der Waals surface area contributed by atoms with Crippen molar-refractivity contribution in [3.8, 4) is 0 Å². The standard InChI is InChI=1S/C16H27N3O/c1-14(2)19(13-15-6-8-17-9-7-15)12-11-18-10-4-3-5-16(18)20/h3-5,10,14-15,17H,6-9,11-13H2,1-2H3. The van der Waals surface area contributed by atoms with Crippen LogP contribution in [0.2, 0.25) is 0 Å². The topological polar surface area (TPSA) is 37.3 Å². The Bertz CT molecular complexity index is 449. The Labute approximate surface area is 121 Å². The van der Waals surface area contributed by atoms with E-state index in [-0.39, 0.29) is 5.56 Å². The first-order valence-electron chi connectivity index (χ1n) is 7.77. The average molecular weight is 277 g/mol. The van der Waals surface area contributed by atoms with Gasteiger partial charge in [-0.25, -0.2) is 0 Å². The molecule has 0 aliphatic carbocycles. The van der Waals surface area contributed by atoms with Gasteiger partial charge in [-0.15, -0.1) is 0 Å². The van der Waals surface area contributed by atoms with Crippen molar-refractivity contribution in [2.75, 3.05) is 26.2 Å². The molecule has 0 spiro atoms. The van der Waals surface area contributed by atoms with Gasteiger partial charge in [-0.3, -0.25) is 9.69 Å². The molecule has 0 saturated carbocycles. The van der Waals surface area contributed by atoms with Crippen LogP contribution in [0.1, 0.15) is 26.7 Å². The van der Waals surface area contributed by atoms with Crippen molar-refractivity contribution in [1.82, 2.24) is 14.8 Å². The summed E-state index contributed by atoms with van der Waals surface area (Å²) < 4.78 is 1.80. The van der Waals surface area contributed by atoms with E-state index in [2.05, 4.69) is 24.1 Å². The van der Waals surface area contributed by atoms with Gasteiger partial charge in [-0.05, 0) is 51.8 Å². The van der Waals surface area contributed by atoms with E-state index in [1.54, 1.807) is 16.7 Å². The lowest BCUT2D eigenvalue weighted by Gasteiger charge is -2.32. The normalized spacial score (nSPS) is 17.0. The third kappa shape index (κ3) is 4.46. The highest BCUT2D eigenvalue weighted by Crippen LogP contribution is 2.15. The van der Waals surface area contributed by atoms with E-state index < -0.39 is 0 Å². The lowest BCUT2D eigenvalue weighted by molar-refractivity contribution is 0.163. The smallest absolute Gasteiger partial charge is 0.250 e. The quantitative estimate of drug-likeness (QED) is 0.857. The minimum Gasteiger partial charge on any atom is -0.317 e. The highest BCUT2D eigenvalue weighted by molar-refractivity contribution is 4.93. The predicted molar refractivity (Wildman–Crippen MR) is 83.0 cm³/mol. The molecule has 0 radical (unpaired) electrons. The van der Waals surface area contributed by atoms with Gasteiger partial charge < -0.3 is 9.88 Å². The van der Waals surface area contributed by atoms with Crippen molar-refractivity contribution < 1.29 is 0 Å². The molecule has 0 aromatic carbocycles. The average Bonchev–Trinajstić information content (AvgIpc) is 2.46. The number of hydrogen-bond acceptors (Lipinski definition) is 3. The van der Waals surface area contributed by atoms with E-state index in [9.17, 15) is 4.79 Å². The summed E-state index contributed by atoms with van der Waals surface area (Å²) in [5, 5.41) is 3.42. The Kier molecular flexibility index (Phi) is 5.80. The molecule has 1 fully saturated rings. The summed E-state index contributed by atoms with van der Waals surface area (Å²) in [6, 6.07) is 5.89. The van der Waals surface area contributed by atoms with Crippen molar-refractivity contribution >= 4 is 0 Å². The zero-order chi connectivity index (χ0) is 14.4. The van der Waals surface area contributed by atoms with E-state index in [0.29, 0.717) is 6.04 Å². The maximum atomic E-state index is 11.7.